The van der Waals surface area contributed by atoms with E-state index in [1.54, 1.807) is 6.92 Å². The van der Waals surface area contributed by atoms with Gasteiger partial charge in [-0.25, -0.2) is 8.42 Å². The van der Waals surface area contributed by atoms with Gasteiger partial charge >= 0.3 is 65.1 Å². The second kappa shape index (κ2) is 33.8. The zero-order valence-corrected chi connectivity index (χ0v) is 45.6. The number of rotatable bonds is 17. The first kappa shape index (κ1) is 65.2. The third-order valence-corrected chi connectivity index (χ3v) is 11.2. The van der Waals surface area contributed by atoms with Crippen LogP contribution in [-0.4, -0.2) is 249 Å². The summed E-state index contributed by atoms with van der Waals surface area (Å²) in [6.07, 6.45) is -10.4. The summed E-state index contributed by atoms with van der Waals surface area (Å²) in [4.78, 5) is 28.6. The smallest absolute Gasteiger partial charge is 0.772 e. The van der Waals surface area contributed by atoms with Gasteiger partial charge in [-0.15, -0.1) is 11.6 Å². The fourth-order valence-electron chi connectivity index (χ4n) is 6.43. The van der Waals surface area contributed by atoms with Crippen molar-refractivity contribution in [2.24, 2.45) is 5.92 Å². The Labute approximate surface area is 450 Å². The molecule has 8 N–H and O–H groups in total. The van der Waals surface area contributed by atoms with E-state index in [0.717, 1.165) is 7.11 Å². The van der Waals surface area contributed by atoms with Gasteiger partial charge in [-0.05, 0) is 11.6 Å². The molecule has 4 fully saturated rings. The molecule has 68 heavy (non-hydrogen) atoms. The largest absolute Gasteiger partial charge is 1.00 e. The minimum absolute atomic E-state index is 0. The number of aliphatic hydroxyl groups is 6. The molecule has 2 aromatic rings. The van der Waals surface area contributed by atoms with Crippen LogP contribution >= 0.6 is 23.2 Å². The number of ether oxygens (including phenoxy) is 7. The Morgan fingerprint density at radius 3 is 1.81 bits per heavy atom. The predicted molar refractivity (Wildman–Crippen MR) is 231 cm³/mol. The number of aromatic nitrogens is 6. The molecular formula is C34H58Cl2N10Na2O18S2. The monoisotopic (exact) mass is 1070 g/mol. The molecule has 11 atom stereocenters. The van der Waals surface area contributed by atoms with Gasteiger partial charge in [-0.3, -0.25) is 4.21 Å². The van der Waals surface area contributed by atoms with Crippen LogP contribution in [0.3, 0.4) is 0 Å². The molecule has 0 aromatic carbocycles. The van der Waals surface area contributed by atoms with Crippen LogP contribution in [0, 0.1) is 5.92 Å². The molecule has 0 spiro atoms. The third-order valence-electron chi connectivity index (χ3n) is 9.78. The van der Waals surface area contributed by atoms with Gasteiger partial charge in [0.15, 0.2) is 18.7 Å². The molecular weight excluding hydrogens is 1020 g/mol. The van der Waals surface area contributed by atoms with E-state index >= 15 is 0 Å². The summed E-state index contributed by atoms with van der Waals surface area (Å²) >= 11 is 8.14. The Morgan fingerprint density at radius 1 is 0.779 bits per heavy atom. The van der Waals surface area contributed by atoms with Crippen molar-refractivity contribution in [1.29, 1.82) is 0 Å². The fraction of sp³-hybridized carbons (Fsp3) is 0.824. The molecule has 34 heteroatoms. The minimum Gasteiger partial charge on any atom is -0.772 e. The first-order valence-electron chi connectivity index (χ1n) is 20.1. The molecule has 380 valence electrons. The molecule has 0 radical (unpaired) electrons. The van der Waals surface area contributed by atoms with E-state index in [0.29, 0.717) is 58.6 Å². The van der Waals surface area contributed by atoms with Crippen LogP contribution in [0.2, 0.25) is 5.28 Å². The fourth-order valence-corrected chi connectivity index (χ4v) is 7.21. The number of nitrogens with zero attached hydrogens (tertiary/aromatic N) is 8. The average Bonchev–Trinajstić information content (AvgIpc) is 3.31. The zero-order chi connectivity index (χ0) is 49.0. The van der Waals surface area contributed by atoms with Gasteiger partial charge in [0.25, 0.3) is 0 Å². The molecule has 0 bridgehead atoms. The predicted octanol–water partition coefficient (Wildman–Crippen LogP) is -10.3. The molecule has 0 saturated carbocycles. The maximum Gasteiger partial charge on any atom is 1.00 e. The van der Waals surface area contributed by atoms with Gasteiger partial charge < -0.3 is 93.3 Å². The second-order valence-corrected chi connectivity index (χ2v) is 16.9. The van der Waals surface area contributed by atoms with Crippen LogP contribution < -0.4 is 84.3 Å². The van der Waals surface area contributed by atoms with Crippen molar-refractivity contribution >= 4 is 68.2 Å². The average molecular weight is 1080 g/mol. The topological polar surface area (TPSA) is 391 Å². The molecule has 4 aliphatic heterocycles. The summed E-state index contributed by atoms with van der Waals surface area (Å²) in [5.41, 5.74) is 0. The SMILES string of the molecule is CCl.CO.CO[C@@H]1O[C@@H](CO)[C@@H](O[C@@H]2OC(CO)[C@@H](C)[C@H](O)C2O)C(O)C1Oc1nc(NCCS(=O)[O-])nc(N2CCOCC2)n1.O=S(=O)([O-])CCNc1nc(Cl)nc(N2CCOCC2)n1.[Na+].[Na+]. The maximum absolute atomic E-state index is 11.4. The first-order chi connectivity index (χ1) is 31.6. The van der Waals surface area contributed by atoms with Crippen molar-refractivity contribution in [3.63, 3.8) is 0 Å². The zero-order valence-electron chi connectivity index (χ0n) is 38.4. The normalized spacial score (nSPS) is 27.4. The van der Waals surface area contributed by atoms with E-state index in [9.17, 15) is 47.3 Å². The van der Waals surface area contributed by atoms with Gasteiger partial charge in [0.05, 0.1) is 67.7 Å². The van der Waals surface area contributed by atoms with Gasteiger partial charge in [0.2, 0.25) is 29.1 Å². The van der Waals surface area contributed by atoms with Crippen LogP contribution in [0.5, 0.6) is 6.01 Å². The molecule has 6 heterocycles. The number of anilines is 4. The number of nitrogens with one attached hydrogen (secondary N) is 2. The van der Waals surface area contributed by atoms with E-state index in [4.69, 9.17) is 49.9 Å². The van der Waals surface area contributed by atoms with Crippen molar-refractivity contribution in [2.75, 3.05) is 131 Å². The number of methoxy groups -OCH3 is 1. The third kappa shape index (κ3) is 20.6. The Balaban J connectivity index is 0.000000748. The molecule has 4 saturated heterocycles. The van der Waals surface area contributed by atoms with E-state index < -0.39 is 101 Å². The second-order valence-electron chi connectivity index (χ2n) is 14.0. The van der Waals surface area contributed by atoms with Crippen LogP contribution in [0.4, 0.5) is 23.8 Å². The van der Waals surface area contributed by atoms with Gasteiger partial charge in [-0.1, -0.05) is 18.0 Å². The van der Waals surface area contributed by atoms with Gasteiger partial charge in [-0.2, -0.15) is 29.9 Å². The maximum atomic E-state index is 11.4. The quantitative estimate of drug-likeness (QED) is 0.0316. The van der Waals surface area contributed by atoms with Crippen molar-refractivity contribution in [1.82, 2.24) is 29.9 Å². The van der Waals surface area contributed by atoms with Gasteiger partial charge in [0.1, 0.15) is 24.4 Å². The molecule has 2 aromatic heterocycles. The summed E-state index contributed by atoms with van der Waals surface area (Å²) in [5, 5.41) is 64.5. The first-order valence-corrected chi connectivity index (χ1v) is 24.1. The van der Waals surface area contributed by atoms with E-state index in [1.165, 1.54) is 13.5 Å². The number of morpholine rings is 2. The van der Waals surface area contributed by atoms with Crippen LogP contribution in [0.25, 0.3) is 0 Å². The number of hydrogen-bond donors (Lipinski definition) is 8. The summed E-state index contributed by atoms with van der Waals surface area (Å²) in [6, 6.07) is -0.258. The number of alkyl halides is 1. The Bertz CT molecular complexity index is 1860. The van der Waals surface area contributed by atoms with Gasteiger partial charge in [0, 0.05) is 71.5 Å². The summed E-state index contributed by atoms with van der Waals surface area (Å²) < 4.78 is 92.6. The van der Waals surface area contributed by atoms with E-state index in [-0.39, 0.29) is 107 Å². The van der Waals surface area contributed by atoms with Crippen molar-refractivity contribution in [3.8, 4) is 6.01 Å². The summed E-state index contributed by atoms with van der Waals surface area (Å²) in [6.45, 7) is 4.65. The van der Waals surface area contributed by atoms with Crippen LogP contribution in [0.15, 0.2) is 0 Å². The number of halogens is 2. The summed E-state index contributed by atoms with van der Waals surface area (Å²) in [7, 11) is -1.98. The molecule has 4 aliphatic rings. The Kier molecular flexibility index (Phi) is 32.4. The van der Waals surface area contributed by atoms with E-state index in [2.05, 4.69) is 52.1 Å². The van der Waals surface area contributed by atoms with Crippen LogP contribution in [0.1, 0.15) is 6.92 Å². The molecule has 28 nitrogen and oxygen atoms in total. The standard InChI is InChI=1S/C23H39N5O13S.C9H14ClN5O4S.CH3Cl.CH4O.2Na/c1-11-12(9-29)38-19(15(32)14(11)31)40-17-13(10-30)39-20(36-2)18(16(17)33)41-23-26-21(24-3-8-42(34)35)25-22(27-23)28-4-6-37-7-5-28;10-7-12-8(11-1-6-20(16,17)18)14-9(13-7)15-2-4-19-5-3-15;2*1-2;;/h11-20,29-33H,3-10H2,1-2H3,(H,34,35)(H,24,25,26,27);1-6H2,(H,16,17,18)(H,11,12,13,14);1H3;2H,1H3;;/q;;;;2*+1/p-2/t11-,12?,13+,14+,15?,16?,17-,18?,19+,20-;;;;;/m1...../s1. The van der Waals surface area contributed by atoms with Crippen LogP contribution in [-0.2, 0) is 49.6 Å². The van der Waals surface area contributed by atoms with Crippen molar-refractivity contribution in [3.05, 3.63) is 5.28 Å². The summed E-state index contributed by atoms with van der Waals surface area (Å²) in [5.74, 6) is -0.603. The minimum atomic E-state index is -4.28. The van der Waals surface area contributed by atoms with Crippen molar-refractivity contribution in [2.45, 2.75) is 62.2 Å². The number of aliphatic hydroxyl groups excluding tert-OH is 6. The Morgan fingerprint density at radius 2 is 1.29 bits per heavy atom. The number of hydrogen-bond acceptors (Lipinski definition) is 28. The van der Waals surface area contributed by atoms with Crippen molar-refractivity contribution < 1.29 is 145 Å². The van der Waals surface area contributed by atoms with E-state index in [1.807, 2.05) is 9.80 Å². The molecule has 0 amide bonds. The molecule has 5 unspecified atom stereocenters. The molecule has 6 rings (SSSR count). The Hall–Kier alpha value is -0.860. The molecule has 0 aliphatic carbocycles.